The largest absolute Gasteiger partial charge is 0.605 e. The molecular formula is C12H17O9+. The maximum Gasteiger partial charge on any atom is 0.605 e. The highest BCUT2D eigenvalue weighted by Crippen LogP contribution is 1.80. The zero-order chi connectivity index (χ0) is 17.3. The van der Waals surface area contributed by atoms with Crippen molar-refractivity contribution in [3.63, 3.8) is 0 Å². The van der Waals surface area contributed by atoms with Crippen molar-refractivity contribution >= 4 is 30.7 Å². The average Bonchev–Trinajstić information content (AvgIpc) is 2.52. The zero-order valence-electron chi connectivity index (χ0n) is 11.8. The van der Waals surface area contributed by atoms with E-state index >= 15 is 0 Å². The summed E-state index contributed by atoms with van der Waals surface area (Å²) in [4.78, 5) is 40.4. The lowest BCUT2D eigenvalue weighted by Crippen LogP contribution is -1.98. The molecule has 0 saturated carbocycles. The minimum atomic E-state index is -1.19. The zero-order valence-corrected chi connectivity index (χ0v) is 11.8. The Morgan fingerprint density at radius 3 is 1.52 bits per heavy atom. The smallest absolute Gasteiger partial charge is 0.478 e. The summed E-state index contributed by atoms with van der Waals surface area (Å²) < 4.78 is 12.3. The monoisotopic (exact) mass is 305 g/mol. The molecular weight excluding hydrogens is 288 g/mol. The van der Waals surface area contributed by atoms with Gasteiger partial charge in [0, 0.05) is 25.3 Å². The van der Waals surface area contributed by atoms with Crippen LogP contribution in [0.2, 0.25) is 0 Å². The molecule has 9 nitrogen and oxygen atoms in total. The van der Waals surface area contributed by atoms with Gasteiger partial charge in [0.2, 0.25) is 0 Å². The van der Waals surface area contributed by atoms with Gasteiger partial charge in [0.15, 0.2) is 6.79 Å². The van der Waals surface area contributed by atoms with E-state index in [1.807, 2.05) is 0 Å². The van der Waals surface area contributed by atoms with Gasteiger partial charge in [-0.15, -0.1) is 0 Å². The van der Waals surface area contributed by atoms with Crippen LogP contribution in [0.4, 0.5) is 0 Å². The van der Waals surface area contributed by atoms with E-state index in [-0.39, 0.29) is 0 Å². The van der Waals surface area contributed by atoms with Crippen molar-refractivity contribution < 1.29 is 43.3 Å². The van der Waals surface area contributed by atoms with Crippen LogP contribution in [0.5, 0.6) is 0 Å². The van der Waals surface area contributed by atoms with E-state index in [0.717, 1.165) is 25.3 Å². The fourth-order valence-corrected chi connectivity index (χ4v) is 0.460. The number of carboxylic acids is 1. The summed E-state index contributed by atoms with van der Waals surface area (Å²) in [5, 5.41) is 14.9. The number of carbonyl (C=O) groups excluding carboxylic acids is 4. The Hall–Kier alpha value is -2.81. The van der Waals surface area contributed by atoms with Crippen molar-refractivity contribution in [2.75, 3.05) is 21.3 Å². The lowest BCUT2D eigenvalue weighted by atomic mass is 10.5. The standard InChI is InChI=1S/C6H8O4.C5H4O4.CH4O/c1-9-5(7)3-4-6(8)10-2;1-9-5(8)3-2-4(6)7;1-2/h3-4H,1-2H3;2-3H,1H2;2H,1H3/p+1/b4-3+;3-2+;. The number of hydrogen-bond donors (Lipinski definition) is 2. The number of carbonyl (C=O) groups is 4. The summed E-state index contributed by atoms with van der Waals surface area (Å²) in [6.45, 7) is 2.77. The molecule has 0 atom stereocenters. The Labute approximate surface area is 120 Å². The topological polar surface area (TPSA) is 138 Å². The van der Waals surface area contributed by atoms with Gasteiger partial charge < -0.3 is 19.7 Å². The van der Waals surface area contributed by atoms with Gasteiger partial charge in [0.25, 0.3) is 0 Å². The third-order valence-corrected chi connectivity index (χ3v) is 1.26. The molecule has 0 unspecified atom stereocenters. The summed E-state index contributed by atoms with van der Waals surface area (Å²) in [6, 6.07) is 0. The number of methoxy groups -OCH3 is 2. The lowest BCUT2D eigenvalue weighted by molar-refractivity contribution is -0.361. The number of aliphatic hydroxyl groups excluding tert-OH is 1. The predicted octanol–water partition coefficient (Wildman–Crippen LogP) is -0.985. The molecule has 21 heavy (non-hydrogen) atoms. The quantitative estimate of drug-likeness (QED) is 0.383. The molecule has 0 aliphatic rings. The molecule has 0 saturated heterocycles. The first-order valence-electron chi connectivity index (χ1n) is 5.03. The summed E-state index contributed by atoms with van der Waals surface area (Å²) in [5.74, 6) is -3.13. The molecule has 0 heterocycles. The highest BCUT2D eigenvalue weighted by atomic mass is 16.5. The SMILES string of the molecule is C=[O+]C(=O)/C=C/C(=O)O.CO.COC(=O)/C=C/C(=O)OC. The number of esters is 2. The minimum absolute atomic E-state index is 0.578. The maximum absolute atomic E-state index is 10.3. The van der Waals surface area contributed by atoms with Crippen molar-refractivity contribution in [3.05, 3.63) is 24.3 Å². The summed E-state index contributed by atoms with van der Waals surface area (Å²) in [5.41, 5.74) is 0. The third-order valence-electron chi connectivity index (χ3n) is 1.26. The number of carboxylic acid groups (broad SMARTS) is 1. The molecule has 0 rings (SSSR count). The number of hydrogen-bond acceptors (Lipinski definition) is 7. The molecule has 0 bridgehead atoms. The Balaban J connectivity index is -0.000000277. The molecule has 0 aromatic heterocycles. The van der Waals surface area contributed by atoms with Crippen molar-refractivity contribution in [2.45, 2.75) is 0 Å². The first kappa shape index (κ1) is 23.3. The van der Waals surface area contributed by atoms with Gasteiger partial charge in [-0.2, -0.15) is 0 Å². The van der Waals surface area contributed by atoms with E-state index < -0.39 is 23.9 Å². The minimum Gasteiger partial charge on any atom is -0.478 e. The van der Waals surface area contributed by atoms with Crippen molar-refractivity contribution in [2.24, 2.45) is 0 Å². The van der Waals surface area contributed by atoms with E-state index in [2.05, 4.69) is 20.7 Å². The van der Waals surface area contributed by atoms with Gasteiger partial charge in [0.1, 0.15) is 6.08 Å². The van der Waals surface area contributed by atoms with Gasteiger partial charge >= 0.3 is 23.9 Å². The Morgan fingerprint density at radius 1 is 0.905 bits per heavy atom. The van der Waals surface area contributed by atoms with Gasteiger partial charge in [-0.3, -0.25) is 4.42 Å². The van der Waals surface area contributed by atoms with E-state index in [1.54, 1.807) is 0 Å². The molecule has 0 spiro atoms. The Bertz CT molecular complexity index is 389. The second kappa shape index (κ2) is 17.2. The van der Waals surface area contributed by atoms with Crippen LogP contribution in [0.25, 0.3) is 0 Å². The first-order chi connectivity index (χ1) is 9.87. The molecule has 9 heteroatoms. The van der Waals surface area contributed by atoms with Gasteiger partial charge in [-0.05, 0) is 0 Å². The van der Waals surface area contributed by atoms with Crippen LogP contribution >= 0.6 is 0 Å². The van der Waals surface area contributed by atoms with Crippen LogP contribution < -0.4 is 0 Å². The van der Waals surface area contributed by atoms with Crippen LogP contribution in [-0.4, -0.2) is 62.2 Å². The first-order valence-corrected chi connectivity index (χ1v) is 5.03. The Morgan fingerprint density at radius 2 is 1.29 bits per heavy atom. The summed E-state index contributed by atoms with van der Waals surface area (Å²) in [6.07, 6.45) is 3.43. The molecule has 0 aliphatic carbocycles. The number of ether oxygens (including phenoxy) is 2. The molecule has 2 N–H and O–H groups in total. The molecule has 0 amide bonds. The fourth-order valence-electron chi connectivity index (χ4n) is 0.460. The number of rotatable bonds is 4. The molecule has 0 radical (unpaired) electrons. The second-order valence-electron chi connectivity index (χ2n) is 2.51. The highest BCUT2D eigenvalue weighted by molar-refractivity contribution is 5.91. The molecule has 0 aromatic rings. The molecule has 0 fully saturated rings. The second-order valence-corrected chi connectivity index (χ2v) is 2.51. The summed E-state index contributed by atoms with van der Waals surface area (Å²) in [7, 11) is 3.45. The van der Waals surface area contributed by atoms with Crippen LogP contribution in [-0.2, 0) is 33.1 Å². The number of aliphatic hydroxyl groups is 1. The highest BCUT2D eigenvalue weighted by Gasteiger charge is 2.03. The molecule has 0 aromatic carbocycles. The third kappa shape index (κ3) is 22.8. The molecule has 118 valence electrons. The van der Waals surface area contributed by atoms with Crippen LogP contribution in [0, 0.1) is 0 Å². The van der Waals surface area contributed by atoms with Crippen molar-refractivity contribution in [3.8, 4) is 0 Å². The van der Waals surface area contributed by atoms with Crippen molar-refractivity contribution in [1.82, 2.24) is 0 Å². The van der Waals surface area contributed by atoms with E-state index in [1.165, 1.54) is 14.2 Å². The summed E-state index contributed by atoms with van der Waals surface area (Å²) >= 11 is 0. The van der Waals surface area contributed by atoms with Gasteiger partial charge in [0.05, 0.1) is 19.0 Å². The maximum atomic E-state index is 10.3. The van der Waals surface area contributed by atoms with Crippen molar-refractivity contribution in [1.29, 1.82) is 0 Å². The molecule has 0 aliphatic heterocycles. The van der Waals surface area contributed by atoms with Crippen LogP contribution in [0.1, 0.15) is 0 Å². The van der Waals surface area contributed by atoms with Crippen LogP contribution in [0.15, 0.2) is 24.3 Å². The van der Waals surface area contributed by atoms with E-state index in [9.17, 15) is 19.2 Å². The fraction of sp³-hybridized carbons (Fsp3) is 0.250. The van der Waals surface area contributed by atoms with E-state index in [4.69, 9.17) is 10.2 Å². The van der Waals surface area contributed by atoms with E-state index in [0.29, 0.717) is 6.08 Å². The van der Waals surface area contributed by atoms with Crippen LogP contribution in [0.3, 0.4) is 0 Å². The normalized spacial score (nSPS) is 8.76. The van der Waals surface area contributed by atoms with Gasteiger partial charge in [-0.1, -0.05) is 0 Å². The average molecular weight is 305 g/mol. The predicted molar refractivity (Wildman–Crippen MR) is 70.2 cm³/mol. The number of aliphatic carboxylic acids is 1. The van der Waals surface area contributed by atoms with Gasteiger partial charge in [-0.25, -0.2) is 14.4 Å². The Kier molecular flexibility index (Phi) is 19.1. The lowest BCUT2D eigenvalue weighted by Gasteiger charge is -1.89.